The van der Waals surface area contributed by atoms with Gasteiger partial charge in [0.2, 0.25) is 0 Å². The van der Waals surface area contributed by atoms with Gasteiger partial charge in [-0.1, -0.05) is 48.5 Å². The summed E-state index contributed by atoms with van der Waals surface area (Å²) in [7, 11) is 1.53. The summed E-state index contributed by atoms with van der Waals surface area (Å²) in [5.41, 5.74) is 1.49. The van der Waals surface area contributed by atoms with Gasteiger partial charge in [0.1, 0.15) is 5.75 Å². The summed E-state index contributed by atoms with van der Waals surface area (Å²) in [5.74, 6) is -0.305. The maximum atomic E-state index is 12.8. The molecule has 7 nitrogen and oxygen atoms in total. The lowest BCUT2D eigenvalue weighted by atomic mass is 10.2. The molecule has 0 radical (unpaired) electrons. The van der Waals surface area contributed by atoms with Gasteiger partial charge < -0.3 is 4.74 Å². The molecule has 0 aromatic heterocycles. The van der Waals surface area contributed by atoms with Crippen LogP contribution < -0.4 is 4.74 Å². The largest absolute Gasteiger partial charge is 0.496 e. The Morgan fingerprint density at radius 2 is 1.28 bits per heavy atom. The van der Waals surface area contributed by atoms with E-state index in [1.54, 1.807) is 30.4 Å². The first-order valence-electron chi connectivity index (χ1n) is 9.66. The minimum Gasteiger partial charge on any atom is -0.496 e. The van der Waals surface area contributed by atoms with E-state index in [9.17, 15) is 19.2 Å². The standard InChI is InChI=1S/C23H18N2O5S2/c1-30-17-10-6-5-9-16(17)14-19-21(27)25(23(29)32-19)12-11-24-20(26)18(31-22(24)28)13-15-7-3-2-4-8-15/h2-10,13-14H,11-12H2,1H3. The van der Waals surface area contributed by atoms with Gasteiger partial charge in [-0.3, -0.25) is 29.0 Å². The number of amides is 4. The average molecular weight is 467 g/mol. The van der Waals surface area contributed by atoms with Crippen LogP contribution in [-0.4, -0.2) is 52.3 Å². The van der Waals surface area contributed by atoms with E-state index in [1.165, 1.54) is 7.11 Å². The molecule has 2 aliphatic rings. The minimum absolute atomic E-state index is 0.0588. The molecular weight excluding hydrogens is 448 g/mol. The lowest BCUT2D eigenvalue weighted by Crippen LogP contribution is -2.39. The molecule has 32 heavy (non-hydrogen) atoms. The van der Waals surface area contributed by atoms with Crippen molar-refractivity contribution in [2.75, 3.05) is 20.2 Å². The van der Waals surface area contributed by atoms with Gasteiger partial charge in [-0.2, -0.15) is 0 Å². The molecule has 9 heteroatoms. The van der Waals surface area contributed by atoms with E-state index in [0.717, 1.165) is 38.9 Å². The predicted molar refractivity (Wildman–Crippen MR) is 125 cm³/mol. The van der Waals surface area contributed by atoms with Gasteiger partial charge in [0.05, 0.1) is 16.9 Å². The number of imide groups is 2. The number of para-hydroxylation sites is 1. The summed E-state index contributed by atoms with van der Waals surface area (Å²) < 4.78 is 5.28. The number of methoxy groups -OCH3 is 1. The number of ether oxygens (including phenoxy) is 1. The fraction of sp³-hybridized carbons (Fsp3) is 0.130. The van der Waals surface area contributed by atoms with Crippen molar-refractivity contribution >= 4 is 58.0 Å². The lowest BCUT2D eigenvalue weighted by Gasteiger charge is -2.17. The molecule has 0 saturated carbocycles. The maximum absolute atomic E-state index is 12.8. The zero-order valence-electron chi connectivity index (χ0n) is 17.0. The fourth-order valence-corrected chi connectivity index (χ4v) is 4.93. The van der Waals surface area contributed by atoms with Crippen molar-refractivity contribution in [3.63, 3.8) is 0 Å². The summed E-state index contributed by atoms with van der Waals surface area (Å²) in [6.45, 7) is -0.124. The van der Waals surface area contributed by atoms with Crippen LogP contribution in [0.1, 0.15) is 11.1 Å². The Kier molecular flexibility index (Phi) is 6.48. The summed E-state index contributed by atoms with van der Waals surface area (Å²) in [5, 5.41) is -0.864. The predicted octanol–water partition coefficient (Wildman–Crippen LogP) is 4.47. The van der Waals surface area contributed by atoms with Crippen LogP contribution in [-0.2, 0) is 9.59 Å². The van der Waals surface area contributed by atoms with Gasteiger partial charge in [-0.05, 0) is 47.3 Å². The molecule has 2 fully saturated rings. The van der Waals surface area contributed by atoms with Crippen molar-refractivity contribution in [1.82, 2.24) is 9.80 Å². The molecule has 2 aromatic carbocycles. The Bertz CT molecular complexity index is 1160. The normalized spacial score (nSPS) is 19.0. The van der Waals surface area contributed by atoms with Crippen LogP contribution in [0, 0.1) is 0 Å². The van der Waals surface area contributed by atoms with Crippen molar-refractivity contribution in [3.8, 4) is 5.75 Å². The zero-order chi connectivity index (χ0) is 22.7. The second kappa shape index (κ2) is 9.46. The lowest BCUT2D eigenvalue weighted by molar-refractivity contribution is -0.125. The SMILES string of the molecule is COc1ccccc1C=C1SC(=O)N(CCN2C(=O)SC(=Cc3ccccc3)C2=O)C1=O. The number of hydrogen-bond donors (Lipinski definition) is 0. The molecule has 0 aliphatic carbocycles. The van der Waals surface area contributed by atoms with Crippen LogP contribution in [0.4, 0.5) is 9.59 Å². The van der Waals surface area contributed by atoms with Crippen LogP contribution in [0.3, 0.4) is 0 Å². The van der Waals surface area contributed by atoms with Crippen molar-refractivity contribution < 1.29 is 23.9 Å². The number of nitrogens with zero attached hydrogens (tertiary/aromatic N) is 2. The van der Waals surface area contributed by atoms with E-state index in [4.69, 9.17) is 4.74 Å². The highest BCUT2D eigenvalue weighted by Crippen LogP contribution is 2.35. The van der Waals surface area contributed by atoms with E-state index < -0.39 is 22.3 Å². The Hall–Kier alpha value is -3.30. The van der Waals surface area contributed by atoms with Gasteiger partial charge in [0, 0.05) is 18.7 Å². The molecule has 0 unspecified atom stereocenters. The molecule has 0 spiro atoms. The Morgan fingerprint density at radius 3 is 1.88 bits per heavy atom. The monoisotopic (exact) mass is 466 g/mol. The van der Waals surface area contributed by atoms with E-state index in [2.05, 4.69) is 0 Å². The van der Waals surface area contributed by atoms with Crippen LogP contribution in [0.15, 0.2) is 64.4 Å². The second-order valence-electron chi connectivity index (χ2n) is 6.82. The molecule has 4 amide bonds. The third kappa shape index (κ3) is 4.49. The molecule has 162 valence electrons. The number of thioether (sulfide) groups is 2. The molecule has 4 rings (SSSR count). The first kappa shape index (κ1) is 21.9. The highest BCUT2D eigenvalue weighted by molar-refractivity contribution is 8.18. The number of carbonyl (C=O) groups is 4. The van der Waals surface area contributed by atoms with E-state index in [-0.39, 0.29) is 18.0 Å². The minimum atomic E-state index is -0.460. The molecule has 0 atom stereocenters. The van der Waals surface area contributed by atoms with Gasteiger partial charge in [-0.25, -0.2) is 0 Å². The topological polar surface area (TPSA) is 84.0 Å². The molecule has 2 aliphatic heterocycles. The average Bonchev–Trinajstić information content (AvgIpc) is 3.21. The van der Waals surface area contributed by atoms with Crippen molar-refractivity contribution in [1.29, 1.82) is 0 Å². The molecule has 0 bridgehead atoms. The van der Waals surface area contributed by atoms with Gasteiger partial charge >= 0.3 is 0 Å². The highest BCUT2D eigenvalue weighted by atomic mass is 32.2. The number of rotatable bonds is 6. The quantitative estimate of drug-likeness (QED) is 0.581. The van der Waals surface area contributed by atoms with E-state index in [0.29, 0.717) is 16.2 Å². The van der Waals surface area contributed by atoms with E-state index in [1.807, 2.05) is 36.4 Å². The Labute approximate surface area is 193 Å². The number of benzene rings is 2. The van der Waals surface area contributed by atoms with E-state index >= 15 is 0 Å². The summed E-state index contributed by atoms with van der Waals surface area (Å²) in [6.07, 6.45) is 3.26. The van der Waals surface area contributed by atoms with Crippen LogP contribution in [0.5, 0.6) is 5.75 Å². The molecule has 2 saturated heterocycles. The highest BCUT2D eigenvalue weighted by Gasteiger charge is 2.39. The van der Waals surface area contributed by atoms with Gasteiger partial charge in [-0.15, -0.1) is 0 Å². The van der Waals surface area contributed by atoms with Crippen molar-refractivity contribution in [3.05, 3.63) is 75.5 Å². The zero-order valence-corrected chi connectivity index (χ0v) is 18.7. The first-order chi connectivity index (χ1) is 15.5. The Morgan fingerprint density at radius 1 is 0.750 bits per heavy atom. The van der Waals surface area contributed by atoms with Crippen LogP contribution >= 0.6 is 23.5 Å². The molecule has 0 N–H and O–H groups in total. The third-order valence-electron chi connectivity index (χ3n) is 4.82. The maximum Gasteiger partial charge on any atom is 0.293 e. The van der Waals surface area contributed by atoms with Gasteiger partial charge in [0.25, 0.3) is 22.3 Å². The first-order valence-corrected chi connectivity index (χ1v) is 11.3. The number of carbonyl (C=O) groups excluding carboxylic acids is 4. The second-order valence-corrected chi connectivity index (χ2v) is 8.81. The Balaban J connectivity index is 1.45. The van der Waals surface area contributed by atoms with Gasteiger partial charge in [0.15, 0.2) is 0 Å². The summed E-state index contributed by atoms with van der Waals surface area (Å²) in [4.78, 5) is 52.9. The number of hydrogen-bond acceptors (Lipinski definition) is 7. The molecule has 2 aromatic rings. The fourth-order valence-electron chi connectivity index (χ4n) is 3.21. The van der Waals surface area contributed by atoms with Crippen molar-refractivity contribution in [2.45, 2.75) is 0 Å². The summed E-state index contributed by atoms with van der Waals surface area (Å²) in [6, 6.07) is 16.4. The van der Waals surface area contributed by atoms with Crippen LogP contribution in [0.25, 0.3) is 12.2 Å². The smallest absolute Gasteiger partial charge is 0.293 e. The summed E-state index contributed by atoms with van der Waals surface area (Å²) >= 11 is 1.67. The van der Waals surface area contributed by atoms with Crippen LogP contribution in [0.2, 0.25) is 0 Å². The van der Waals surface area contributed by atoms with Crippen molar-refractivity contribution in [2.24, 2.45) is 0 Å². The molecular formula is C23H18N2O5S2. The third-order valence-corrected chi connectivity index (χ3v) is 6.63. The molecule has 2 heterocycles.